The van der Waals surface area contributed by atoms with Crippen LogP contribution in [-0.2, 0) is 0 Å². The summed E-state index contributed by atoms with van der Waals surface area (Å²) in [6.07, 6.45) is 0.0165. The number of benzene rings is 1. The van der Waals surface area contributed by atoms with Crippen molar-refractivity contribution in [2.45, 2.75) is 19.4 Å². The minimum Gasteiger partial charge on any atom is -0.491 e. The van der Waals surface area contributed by atoms with Crippen LogP contribution in [0.2, 0.25) is 0 Å². The van der Waals surface area contributed by atoms with Gasteiger partial charge < -0.3 is 19.3 Å². The van der Waals surface area contributed by atoms with Gasteiger partial charge in [-0.05, 0) is 25.5 Å². The van der Waals surface area contributed by atoms with Gasteiger partial charge in [0.25, 0.3) is 0 Å². The van der Waals surface area contributed by atoms with Crippen LogP contribution in [0.1, 0.15) is 13.3 Å². The lowest BCUT2D eigenvalue weighted by Crippen LogP contribution is -2.17. The number of fused-ring (bicyclic) bond motifs is 1. The summed E-state index contributed by atoms with van der Waals surface area (Å²) in [7, 11) is 0. The maximum atomic E-state index is 9.63. The highest BCUT2D eigenvalue weighted by atomic mass is 16.7. The summed E-state index contributed by atoms with van der Waals surface area (Å²) >= 11 is 0. The molecule has 1 aliphatic rings. The molecular weight excluding hydrogens is 220 g/mol. The van der Waals surface area contributed by atoms with Gasteiger partial charge in [-0.1, -0.05) is 5.57 Å². The van der Waals surface area contributed by atoms with E-state index in [1.165, 1.54) is 0 Å². The predicted octanol–water partition coefficient (Wildman–Crippen LogP) is 2.12. The molecule has 1 aliphatic heterocycles. The number of rotatable bonds is 5. The second-order valence-electron chi connectivity index (χ2n) is 4.14. The molecule has 17 heavy (non-hydrogen) atoms. The molecule has 0 aliphatic carbocycles. The normalized spacial score (nSPS) is 14.5. The van der Waals surface area contributed by atoms with Gasteiger partial charge in [0.2, 0.25) is 6.79 Å². The second-order valence-corrected chi connectivity index (χ2v) is 4.14. The third-order valence-electron chi connectivity index (χ3n) is 2.37. The smallest absolute Gasteiger partial charge is 0.231 e. The number of aliphatic hydroxyl groups excluding tert-OH is 1. The molecule has 0 amide bonds. The van der Waals surface area contributed by atoms with Crippen LogP contribution in [0.4, 0.5) is 0 Å². The molecule has 4 heteroatoms. The molecule has 0 spiro atoms. The van der Waals surface area contributed by atoms with Gasteiger partial charge in [0.15, 0.2) is 11.5 Å². The van der Waals surface area contributed by atoms with Crippen LogP contribution in [-0.4, -0.2) is 24.6 Å². The van der Waals surface area contributed by atoms with Crippen molar-refractivity contribution in [2.75, 3.05) is 13.4 Å². The molecule has 0 radical (unpaired) electrons. The molecule has 1 aromatic carbocycles. The largest absolute Gasteiger partial charge is 0.491 e. The molecule has 0 bridgehead atoms. The maximum Gasteiger partial charge on any atom is 0.231 e. The quantitative estimate of drug-likeness (QED) is 0.795. The molecule has 1 N–H and O–H groups in total. The van der Waals surface area contributed by atoms with Crippen molar-refractivity contribution >= 4 is 0 Å². The average Bonchev–Trinajstić information content (AvgIpc) is 2.72. The molecule has 0 fully saturated rings. The van der Waals surface area contributed by atoms with Gasteiger partial charge in [-0.15, -0.1) is 6.58 Å². The van der Waals surface area contributed by atoms with E-state index in [4.69, 9.17) is 14.2 Å². The molecular formula is C13H16O4. The van der Waals surface area contributed by atoms with Gasteiger partial charge in [0.05, 0.1) is 6.10 Å². The minimum absolute atomic E-state index is 0.243. The first-order valence-electron chi connectivity index (χ1n) is 5.50. The highest BCUT2D eigenvalue weighted by molar-refractivity contribution is 5.46. The van der Waals surface area contributed by atoms with Crippen molar-refractivity contribution in [1.82, 2.24) is 0 Å². The first-order valence-corrected chi connectivity index (χ1v) is 5.50. The molecule has 1 atom stereocenters. The summed E-state index contributed by atoms with van der Waals surface area (Å²) < 4.78 is 15.9. The lowest BCUT2D eigenvalue weighted by molar-refractivity contribution is 0.107. The number of aliphatic hydroxyl groups is 1. The van der Waals surface area contributed by atoms with Crippen LogP contribution >= 0.6 is 0 Å². The fourth-order valence-electron chi connectivity index (χ4n) is 1.62. The zero-order chi connectivity index (χ0) is 12.3. The lowest BCUT2D eigenvalue weighted by Gasteiger charge is -2.12. The summed E-state index contributed by atoms with van der Waals surface area (Å²) in [5, 5.41) is 9.63. The van der Waals surface area contributed by atoms with Crippen molar-refractivity contribution in [3.8, 4) is 17.2 Å². The Bertz CT molecular complexity index is 414. The van der Waals surface area contributed by atoms with Crippen LogP contribution < -0.4 is 14.2 Å². The Kier molecular flexibility index (Phi) is 3.54. The molecule has 92 valence electrons. The Labute approximate surface area is 100 Å². The van der Waals surface area contributed by atoms with Gasteiger partial charge in [-0.3, -0.25) is 0 Å². The second kappa shape index (κ2) is 5.10. The predicted molar refractivity (Wildman–Crippen MR) is 63.5 cm³/mol. The summed E-state index contributed by atoms with van der Waals surface area (Å²) in [6, 6.07) is 5.35. The van der Waals surface area contributed by atoms with Gasteiger partial charge in [0, 0.05) is 6.07 Å². The monoisotopic (exact) mass is 236 g/mol. The topological polar surface area (TPSA) is 47.9 Å². The van der Waals surface area contributed by atoms with E-state index in [9.17, 15) is 5.11 Å². The van der Waals surface area contributed by atoms with E-state index in [2.05, 4.69) is 6.58 Å². The summed E-state index contributed by atoms with van der Waals surface area (Å²) in [4.78, 5) is 0. The fraction of sp³-hybridized carbons (Fsp3) is 0.385. The van der Waals surface area contributed by atoms with E-state index in [1.807, 2.05) is 6.92 Å². The Hall–Kier alpha value is -1.68. The van der Waals surface area contributed by atoms with Gasteiger partial charge in [-0.25, -0.2) is 0 Å². The SMILES string of the molecule is C=C(C)C[C@@H](O)COc1ccc2c(c1)OCO2. The fourth-order valence-corrected chi connectivity index (χ4v) is 1.62. The third-order valence-corrected chi connectivity index (χ3v) is 2.37. The van der Waals surface area contributed by atoms with Crippen molar-refractivity contribution in [3.05, 3.63) is 30.4 Å². The van der Waals surface area contributed by atoms with Crippen LogP contribution in [0.5, 0.6) is 17.2 Å². The number of hydrogen-bond donors (Lipinski definition) is 1. The summed E-state index contributed by atoms with van der Waals surface area (Å²) in [6.45, 7) is 6.11. The summed E-state index contributed by atoms with van der Waals surface area (Å²) in [5.74, 6) is 2.06. The van der Waals surface area contributed by atoms with E-state index >= 15 is 0 Å². The standard InChI is InChI=1S/C13H16O4/c1-9(2)5-10(14)7-15-11-3-4-12-13(6-11)17-8-16-12/h3-4,6,10,14H,1,5,7-8H2,2H3/t10-/m1/s1. The van der Waals surface area contributed by atoms with Crippen LogP contribution in [0.3, 0.4) is 0 Å². The minimum atomic E-state index is -0.530. The van der Waals surface area contributed by atoms with Crippen LogP contribution in [0.15, 0.2) is 30.4 Å². The van der Waals surface area contributed by atoms with E-state index in [-0.39, 0.29) is 13.4 Å². The van der Waals surface area contributed by atoms with Crippen molar-refractivity contribution in [2.24, 2.45) is 0 Å². The van der Waals surface area contributed by atoms with Gasteiger partial charge >= 0.3 is 0 Å². The molecule has 4 nitrogen and oxygen atoms in total. The van der Waals surface area contributed by atoms with Crippen molar-refractivity contribution in [3.63, 3.8) is 0 Å². The maximum absolute atomic E-state index is 9.63. The van der Waals surface area contributed by atoms with E-state index in [1.54, 1.807) is 18.2 Å². The number of ether oxygens (including phenoxy) is 3. The highest BCUT2D eigenvalue weighted by Crippen LogP contribution is 2.35. The van der Waals surface area contributed by atoms with Crippen LogP contribution in [0.25, 0.3) is 0 Å². The first-order chi connectivity index (χ1) is 8.15. The number of hydrogen-bond acceptors (Lipinski definition) is 4. The average molecular weight is 236 g/mol. The molecule has 0 saturated carbocycles. The molecule has 0 saturated heterocycles. The van der Waals surface area contributed by atoms with E-state index in [0.717, 1.165) is 11.3 Å². The zero-order valence-corrected chi connectivity index (χ0v) is 9.81. The zero-order valence-electron chi connectivity index (χ0n) is 9.81. The van der Waals surface area contributed by atoms with Crippen molar-refractivity contribution in [1.29, 1.82) is 0 Å². The lowest BCUT2D eigenvalue weighted by atomic mass is 10.1. The van der Waals surface area contributed by atoms with Gasteiger partial charge in [0.1, 0.15) is 12.4 Å². The van der Waals surface area contributed by atoms with Gasteiger partial charge in [-0.2, -0.15) is 0 Å². The third kappa shape index (κ3) is 3.14. The molecule has 1 aromatic rings. The van der Waals surface area contributed by atoms with Crippen molar-refractivity contribution < 1.29 is 19.3 Å². The highest BCUT2D eigenvalue weighted by Gasteiger charge is 2.14. The Morgan fingerprint density at radius 3 is 3.00 bits per heavy atom. The summed E-state index contributed by atoms with van der Waals surface area (Å²) in [5.41, 5.74) is 0.937. The molecule has 2 rings (SSSR count). The Morgan fingerprint density at radius 2 is 2.24 bits per heavy atom. The van der Waals surface area contributed by atoms with E-state index in [0.29, 0.717) is 17.9 Å². The Balaban J connectivity index is 1.89. The molecule has 1 heterocycles. The first kappa shape index (κ1) is 11.8. The van der Waals surface area contributed by atoms with Crippen LogP contribution in [0, 0.1) is 0 Å². The van der Waals surface area contributed by atoms with E-state index < -0.39 is 6.10 Å². The Morgan fingerprint density at radius 1 is 1.47 bits per heavy atom. The molecule has 0 aromatic heterocycles. The molecule has 0 unspecified atom stereocenters.